The number of rotatable bonds is 2. The molecule has 2 aromatic heterocycles. The molecule has 0 aromatic carbocycles. The van der Waals surface area contributed by atoms with Crippen molar-refractivity contribution in [2.24, 2.45) is 5.84 Å². The molecule has 2 N–H and O–H groups in total. The van der Waals surface area contributed by atoms with Gasteiger partial charge >= 0.3 is 0 Å². The number of hydrogen-bond donors (Lipinski definition) is 1. The van der Waals surface area contributed by atoms with Gasteiger partial charge in [-0.2, -0.15) is 0 Å². The van der Waals surface area contributed by atoms with E-state index in [9.17, 15) is 0 Å². The second kappa shape index (κ2) is 3.85. The average molecular weight is 186 g/mol. The van der Waals surface area contributed by atoms with Gasteiger partial charge in [0.25, 0.3) is 0 Å². The van der Waals surface area contributed by atoms with Crippen LogP contribution in [-0.4, -0.2) is 9.97 Å². The zero-order chi connectivity index (χ0) is 9.80. The molecule has 0 aliphatic rings. The maximum absolute atomic E-state index is 5.88. The van der Waals surface area contributed by atoms with Gasteiger partial charge in [-0.25, -0.2) is 5.84 Å². The predicted molar refractivity (Wildman–Crippen MR) is 54.8 cm³/mol. The van der Waals surface area contributed by atoms with Crippen molar-refractivity contribution in [3.63, 3.8) is 0 Å². The molecular formula is C10H10N4. The summed E-state index contributed by atoms with van der Waals surface area (Å²) in [4.78, 5) is 7.92. The number of nitrogens with two attached hydrogens (primary N) is 1. The van der Waals surface area contributed by atoms with Gasteiger partial charge in [-0.05, 0) is 24.3 Å². The Hall–Kier alpha value is -1.94. The molecule has 0 spiro atoms. The Morgan fingerprint density at radius 3 is 2.36 bits per heavy atom. The molecule has 0 aliphatic heterocycles. The molecule has 0 saturated carbocycles. The Morgan fingerprint density at radius 1 is 0.929 bits per heavy atom. The van der Waals surface area contributed by atoms with Gasteiger partial charge in [0.15, 0.2) is 0 Å². The van der Waals surface area contributed by atoms with Gasteiger partial charge in [0, 0.05) is 18.6 Å². The van der Waals surface area contributed by atoms with Crippen molar-refractivity contribution < 1.29 is 0 Å². The van der Waals surface area contributed by atoms with Crippen LogP contribution < -0.4 is 10.9 Å². The number of anilines is 2. The Balaban J connectivity index is 2.30. The summed E-state index contributed by atoms with van der Waals surface area (Å²) in [5.74, 6) is 5.88. The van der Waals surface area contributed by atoms with Crippen LogP contribution in [0.2, 0.25) is 0 Å². The Kier molecular flexibility index (Phi) is 2.38. The molecule has 0 amide bonds. The first-order valence-electron chi connectivity index (χ1n) is 4.23. The molecule has 0 unspecified atom stereocenters. The normalized spacial score (nSPS) is 9.79. The van der Waals surface area contributed by atoms with E-state index < -0.39 is 0 Å². The largest absolute Gasteiger partial charge is 0.278 e. The van der Waals surface area contributed by atoms with Gasteiger partial charge < -0.3 is 0 Å². The zero-order valence-electron chi connectivity index (χ0n) is 7.54. The minimum absolute atomic E-state index is 0.846. The van der Waals surface area contributed by atoms with Crippen molar-refractivity contribution in [3.8, 4) is 0 Å². The summed E-state index contributed by atoms with van der Waals surface area (Å²) in [6.45, 7) is 0. The quantitative estimate of drug-likeness (QED) is 0.570. The van der Waals surface area contributed by atoms with E-state index in [0.717, 1.165) is 11.4 Å². The number of pyridine rings is 2. The average Bonchev–Trinajstić information content (AvgIpc) is 2.30. The Labute approximate surface area is 82.0 Å². The fourth-order valence-electron chi connectivity index (χ4n) is 1.15. The Bertz CT molecular complexity index is 348. The van der Waals surface area contributed by atoms with E-state index in [2.05, 4.69) is 9.97 Å². The van der Waals surface area contributed by atoms with Gasteiger partial charge in [0.05, 0.1) is 17.6 Å². The molecule has 2 rings (SSSR count). The summed E-state index contributed by atoms with van der Waals surface area (Å²) in [7, 11) is 0. The standard InChI is InChI=1S/C10H10N4/c11-14(9-3-6-12-7-4-9)10-2-1-5-13-8-10/h1-8H,11H2. The van der Waals surface area contributed by atoms with Gasteiger partial charge in [0.1, 0.15) is 0 Å². The van der Waals surface area contributed by atoms with Crippen LogP contribution in [0.25, 0.3) is 0 Å². The first kappa shape index (κ1) is 8.65. The monoisotopic (exact) mass is 186 g/mol. The third-order valence-corrected chi connectivity index (χ3v) is 1.86. The molecule has 2 heterocycles. The number of nitrogens with zero attached hydrogens (tertiary/aromatic N) is 3. The predicted octanol–water partition coefficient (Wildman–Crippen LogP) is 1.49. The Morgan fingerprint density at radius 2 is 1.71 bits per heavy atom. The van der Waals surface area contributed by atoms with Crippen LogP contribution in [0.3, 0.4) is 0 Å². The second-order valence-corrected chi connectivity index (χ2v) is 2.79. The van der Waals surface area contributed by atoms with E-state index in [-0.39, 0.29) is 0 Å². The highest BCUT2D eigenvalue weighted by Gasteiger charge is 2.02. The fraction of sp³-hybridized carbons (Fsp3) is 0. The molecule has 2 aromatic rings. The van der Waals surface area contributed by atoms with Crippen LogP contribution in [0, 0.1) is 0 Å². The highest BCUT2D eigenvalue weighted by atomic mass is 15.4. The van der Waals surface area contributed by atoms with E-state index in [4.69, 9.17) is 5.84 Å². The molecule has 0 atom stereocenters. The minimum atomic E-state index is 0.846. The lowest BCUT2D eigenvalue weighted by Crippen LogP contribution is -2.24. The molecule has 0 aliphatic carbocycles. The number of aromatic nitrogens is 2. The molecule has 4 nitrogen and oxygen atoms in total. The lowest BCUT2D eigenvalue weighted by Gasteiger charge is -2.17. The van der Waals surface area contributed by atoms with Gasteiger partial charge in [-0.15, -0.1) is 0 Å². The maximum Gasteiger partial charge on any atom is 0.0758 e. The van der Waals surface area contributed by atoms with Crippen LogP contribution in [0.15, 0.2) is 49.1 Å². The van der Waals surface area contributed by atoms with Crippen molar-refractivity contribution in [3.05, 3.63) is 49.1 Å². The van der Waals surface area contributed by atoms with E-state index in [1.807, 2.05) is 24.3 Å². The van der Waals surface area contributed by atoms with Crippen molar-refractivity contribution in [2.45, 2.75) is 0 Å². The van der Waals surface area contributed by atoms with E-state index in [1.165, 1.54) is 0 Å². The summed E-state index contributed by atoms with van der Waals surface area (Å²) in [5.41, 5.74) is 1.73. The third-order valence-electron chi connectivity index (χ3n) is 1.86. The summed E-state index contributed by atoms with van der Waals surface area (Å²) in [6, 6.07) is 7.42. The second-order valence-electron chi connectivity index (χ2n) is 2.79. The first-order valence-corrected chi connectivity index (χ1v) is 4.23. The number of hydrazine groups is 1. The molecule has 0 saturated heterocycles. The molecule has 0 radical (unpaired) electrons. The van der Waals surface area contributed by atoms with Gasteiger partial charge in [-0.3, -0.25) is 15.0 Å². The van der Waals surface area contributed by atoms with Crippen LogP contribution >= 0.6 is 0 Å². The molecule has 4 heteroatoms. The summed E-state index contributed by atoms with van der Waals surface area (Å²) in [6.07, 6.45) is 6.82. The maximum atomic E-state index is 5.88. The van der Waals surface area contributed by atoms with Crippen molar-refractivity contribution >= 4 is 11.4 Å². The molecule has 0 bridgehead atoms. The van der Waals surface area contributed by atoms with Crippen LogP contribution in [0.4, 0.5) is 11.4 Å². The van der Waals surface area contributed by atoms with Crippen LogP contribution in [0.1, 0.15) is 0 Å². The van der Waals surface area contributed by atoms with Gasteiger partial charge in [-0.1, -0.05) is 0 Å². The summed E-state index contributed by atoms with van der Waals surface area (Å²) in [5, 5.41) is 1.56. The highest BCUT2D eigenvalue weighted by molar-refractivity contribution is 5.59. The first-order chi connectivity index (χ1) is 6.88. The molecule has 0 fully saturated rings. The van der Waals surface area contributed by atoms with Crippen molar-refractivity contribution in [1.29, 1.82) is 0 Å². The van der Waals surface area contributed by atoms with Crippen molar-refractivity contribution in [1.82, 2.24) is 9.97 Å². The fourth-order valence-corrected chi connectivity index (χ4v) is 1.15. The summed E-state index contributed by atoms with van der Waals surface area (Å²) < 4.78 is 0. The molecule has 70 valence electrons. The van der Waals surface area contributed by atoms with E-state index in [0.29, 0.717) is 0 Å². The van der Waals surface area contributed by atoms with E-state index in [1.54, 1.807) is 29.8 Å². The van der Waals surface area contributed by atoms with Crippen LogP contribution in [-0.2, 0) is 0 Å². The summed E-state index contributed by atoms with van der Waals surface area (Å²) >= 11 is 0. The lowest BCUT2D eigenvalue weighted by atomic mass is 10.3. The smallest absolute Gasteiger partial charge is 0.0758 e. The molecule has 14 heavy (non-hydrogen) atoms. The van der Waals surface area contributed by atoms with Crippen LogP contribution in [0.5, 0.6) is 0 Å². The zero-order valence-corrected chi connectivity index (χ0v) is 7.54. The lowest BCUT2D eigenvalue weighted by molar-refractivity contribution is 1.07. The molecular weight excluding hydrogens is 176 g/mol. The topological polar surface area (TPSA) is 55.0 Å². The van der Waals surface area contributed by atoms with Crippen molar-refractivity contribution in [2.75, 3.05) is 5.01 Å². The van der Waals surface area contributed by atoms with Gasteiger partial charge in [0.2, 0.25) is 0 Å². The highest BCUT2D eigenvalue weighted by Crippen LogP contribution is 2.18. The number of hydrogen-bond acceptors (Lipinski definition) is 4. The third kappa shape index (κ3) is 1.70. The van der Waals surface area contributed by atoms with E-state index >= 15 is 0 Å². The SMILES string of the molecule is NN(c1ccncc1)c1cccnc1. The minimum Gasteiger partial charge on any atom is -0.278 e.